The fourth-order valence-corrected chi connectivity index (χ4v) is 5.37. The van der Waals surface area contributed by atoms with Crippen molar-refractivity contribution in [2.75, 3.05) is 32.9 Å². The second kappa shape index (κ2) is 11.2. The zero-order chi connectivity index (χ0) is 25.8. The van der Waals surface area contributed by atoms with Crippen molar-refractivity contribution < 1.29 is 33.3 Å². The lowest BCUT2D eigenvalue weighted by molar-refractivity contribution is -0.188. The number of hydrogen-bond acceptors (Lipinski definition) is 7. The van der Waals surface area contributed by atoms with E-state index in [9.17, 15) is 14.4 Å². The topological polar surface area (TPSA) is 94.6 Å². The Morgan fingerprint density at radius 2 is 1.69 bits per heavy atom. The molecule has 2 heterocycles. The molecule has 0 unspecified atom stereocenters. The Morgan fingerprint density at radius 3 is 2.33 bits per heavy atom. The third-order valence-corrected chi connectivity index (χ3v) is 7.39. The van der Waals surface area contributed by atoms with E-state index in [0.29, 0.717) is 32.7 Å². The molecule has 1 spiro atoms. The van der Waals surface area contributed by atoms with E-state index in [1.54, 1.807) is 18.7 Å². The summed E-state index contributed by atoms with van der Waals surface area (Å²) in [6.45, 7) is 7.32. The Bertz CT molecular complexity index is 919. The first-order valence-electron chi connectivity index (χ1n) is 12.9. The Morgan fingerprint density at radius 1 is 1.03 bits per heavy atom. The van der Waals surface area contributed by atoms with E-state index in [0.717, 1.165) is 31.2 Å². The van der Waals surface area contributed by atoms with Gasteiger partial charge in [0.2, 0.25) is 5.91 Å². The Kier molecular flexibility index (Phi) is 8.20. The molecule has 1 aliphatic carbocycles. The van der Waals surface area contributed by atoms with Crippen LogP contribution in [0.25, 0.3) is 0 Å². The maximum absolute atomic E-state index is 13.9. The number of rotatable bonds is 7. The number of amides is 2. The number of carbonyl (C=O) groups excluding carboxylic acids is 3. The molecular weight excluding hydrogens is 464 g/mol. The summed E-state index contributed by atoms with van der Waals surface area (Å²) in [5.74, 6) is -1.00. The SMILES string of the molecule is CC(=O)OCC(C)(C)C(=O)N(C1CCC2(CC1)OCCO2)[C@H]1CCN(C(=O)OCc2ccccc2)C1. The van der Waals surface area contributed by atoms with Gasteiger partial charge in [-0.1, -0.05) is 30.3 Å². The van der Waals surface area contributed by atoms with E-state index < -0.39 is 17.2 Å². The maximum atomic E-state index is 13.9. The lowest BCUT2D eigenvalue weighted by Crippen LogP contribution is -2.56. The van der Waals surface area contributed by atoms with Crippen LogP contribution in [0.4, 0.5) is 4.79 Å². The van der Waals surface area contributed by atoms with Gasteiger partial charge in [0.1, 0.15) is 13.2 Å². The molecule has 0 radical (unpaired) electrons. The highest BCUT2D eigenvalue weighted by Crippen LogP contribution is 2.39. The van der Waals surface area contributed by atoms with Crippen LogP contribution in [0.3, 0.4) is 0 Å². The number of benzene rings is 1. The van der Waals surface area contributed by atoms with Crippen LogP contribution in [0.5, 0.6) is 0 Å². The molecule has 1 atom stereocenters. The largest absolute Gasteiger partial charge is 0.465 e. The number of carbonyl (C=O) groups is 3. The molecule has 1 aromatic rings. The smallest absolute Gasteiger partial charge is 0.410 e. The van der Waals surface area contributed by atoms with Crippen molar-refractivity contribution in [3.05, 3.63) is 35.9 Å². The molecular formula is C27H38N2O7. The van der Waals surface area contributed by atoms with Gasteiger partial charge >= 0.3 is 12.1 Å². The van der Waals surface area contributed by atoms with E-state index in [-0.39, 0.29) is 37.3 Å². The van der Waals surface area contributed by atoms with Crippen LogP contribution in [0.15, 0.2) is 30.3 Å². The van der Waals surface area contributed by atoms with Gasteiger partial charge in [-0.2, -0.15) is 0 Å². The molecule has 1 saturated carbocycles. The van der Waals surface area contributed by atoms with Crippen LogP contribution in [0.1, 0.15) is 58.4 Å². The summed E-state index contributed by atoms with van der Waals surface area (Å²) >= 11 is 0. The summed E-state index contributed by atoms with van der Waals surface area (Å²) in [6, 6.07) is 9.43. The third kappa shape index (κ3) is 6.18. The van der Waals surface area contributed by atoms with Gasteiger partial charge in [0.05, 0.1) is 24.7 Å². The van der Waals surface area contributed by atoms with Gasteiger partial charge < -0.3 is 28.7 Å². The van der Waals surface area contributed by atoms with Gasteiger partial charge in [0, 0.05) is 38.9 Å². The molecule has 2 saturated heterocycles. The van der Waals surface area contributed by atoms with Crippen molar-refractivity contribution in [3.63, 3.8) is 0 Å². The normalized spacial score (nSPS) is 22.0. The van der Waals surface area contributed by atoms with Crippen molar-refractivity contribution in [2.45, 2.75) is 77.4 Å². The molecule has 198 valence electrons. The van der Waals surface area contributed by atoms with E-state index in [1.807, 2.05) is 35.2 Å². The first-order valence-corrected chi connectivity index (χ1v) is 12.9. The predicted octanol–water partition coefficient (Wildman–Crippen LogP) is 3.50. The zero-order valence-electron chi connectivity index (χ0n) is 21.6. The fraction of sp³-hybridized carbons (Fsp3) is 0.667. The van der Waals surface area contributed by atoms with Gasteiger partial charge in [0.25, 0.3) is 0 Å². The summed E-state index contributed by atoms with van der Waals surface area (Å²) in [5.41, 5.74) is 0.0423. The molecule has 1 aromatic carbocycles. The minimum atomic E-state index is -0.887. The first kappa shape index (κ1) is 26.4. The van der Waals surface area contributed by atoms with Crippen molar-refractivity contribution >= 4 is 18.0 Å². The quantitative estimate of drug-likeness (QED) is 0.527. The number of ether oxygens (including phenoxy) is 4. The highest BCUT2D eigenvalue weighted by molar-refractivity contribution is 5.83. The molecule has 0 bridgehead atoms. The van der Waals surface area contributed by atoms with Gasteiger partial charge in [0.15, 0.2) is 5.79 Å². The summed E-state index contributed by atoms with van der Waals surface area (Å²) in [5, 5.41) is 0. The minimum absolute atomic E-state index is 0.00202. The second-order valence-corrected chi connectivity index (χ2v) is 10.6. The monoisotopic (exact) mass is 502 g/mol. The molecule has 9 heteroatoms. The fourth-order valence-electron chi connectivity index (χ4n) is 5.37. The molecule has 2 aliphatic heterocycles. The minimum Gasteiger partial charge on any atom is -0.465 e. The Balaban J connectivity index is 1.44. The lowest BCUT2D eigenvalue weighted by Gasteiger charge is -2.45. The number of likely N-dealkylation sites (tertiary alicyclic amines) is 1. The van der Waals surface area contributed by atoms with E-state index in [1.165, 1.54) is 6.92 Å². The van der Waals surface area contributed by atoms with Gasteiger partial charge in [-0.15, -0.1) is 0 Å². The molecule has 0 N–H and O–H groups in total. The summed E-state index contributed by atoms with van der Waals surface area (Å²) in [4.78, 5) is 41.8. The summed E-state index contributed by atoms with van der Waals surface area (Å²) < 4.78 is 22.5. The number of hydrogen-bond donors (Lipinski definition) is 0. The van der Waals surface area contributed by atoms with Crippen molar-refractivity contribution in [1.82, 2.24) is 9.80 Å². The molecule has 36 heavy (non-hydrogen) atoms. The second-order valence-electron chi connectivity index (χ2n) is 10.6. The van der Waals surface area contributed by atoms with Crippen LogP contribution in [-0.4, -0.2) is 78.6 Å². The van der Waals surface area contributed by atoms with Crippen molar-refractivity contribution in [3.8, 4) is 0 Å². The van der Waals surface area contributed by atoms with Gasteiger partial charge in [-0.3, -0.25) is 9.59 Å². The van der Waals surface area contributed by atoms with Crippen molar-refractivity contribution in [1.29, 1.82) is 0 Å². The zero-order valence-corrected chi connectivity index (χ0v) is 21.6. The van der Waals surface area contributed by atoms with Crippen LogP contribution in [0.2, 0.25) is 0 Å². The van der Waals surface area contributed by atoms with Crippen LogP contribution in [-0.2, 0) is 35.1 Å². The average molecular weight is 503 g/mol. The number of esters is 1. The maximum Gasteiger partial charge on any atom is 0.410 e. The van der Waals surface area contributed by atoms with E-state index >= 15 is 0 Å². The summed E-state index contributed by atoms with van der Waals surface area (Å²) in [6.07, 6.45) is 3.25. The van der Waals surface area contributed by atoms with E-state index in [2.05, 4.69) is 0 Å². The average Bonchev–Trinajstić information content (AvgIpc) is 3.54. The third-order valence-electron chi connectivity index (χ3n) is 7.39. The van der Waals surface area contributed by atoms with Gasteiger partial charge in [-0.05, 0) is 38.7 Å². The lowest BCUT2D eigenvalue weighted by atomic mass is 9.85. The molecule has 9 nitrogen and oxygen atoms in total. The molecule has 4 rings (SSSR count). The molecule has 3 aliphatic rings. The Labute approximate surface area is 213 Å². The van der Waals surface area contributed by atoms with Crippen LogP contribution >= 0.6 is 0 Å². The van der Waals surface area contributed by atoms with Crippen LogP contribution in [0, 0.1) is 5.41 Å². The van der Waals surface area contributed by atoms with Gasteiger partial charge in [-0.25, -0.2) is 4.79 Å². The Hall–Kier alpha value is -2.65. The molecule has 2 amide bonds. The van der Waals surface area contributed by atoms with Crippen LogP contribution < -0.4 is 0 Å². The predicted molar refractivity (Wildman–Crippen MR) is 131 cm³/mol. The molecule has 0 aromatic heterocycles. The van der Waals surface area contributed by atoms with E-state index in [4.69, 9.17) is 18.9 Å². The van der Waals surface area contributed by atoms with Crippen molar-refractivity contribution in [2.24, 2.45) is 5.41 Å². The molecule has 3 fully saturated rings. The number of nitrogens with zero attached hydrogens (tertiary/aromatic N) is 2. The summed E-state index contributed by atoms with van der Waals surface area (Å²) in [7, 11) is 0. The highest BCUT2D eigenvalue weighted by atomic mass is 16.7. The standard InChI is InChI=1S/C27H38N2O7/c1-20(30)34-19-26(2,3)24(31)29(22-9-12-27(13-10-22)35-15-16-36-27)23-11-14-28(17-23)25(32)33-18-21-7-5-4-6-8-21/h4-8,22-23H,9-19H2,1-3H3/t23-/m0/s1. The first-order chi connectivity index (χ1) is 17.2. The highest BCUT2D eigenvalue weighted by Gasteiger charge is 2.47.